The molecule has 3 heterocycles. The third kappa shape index (κ3) is 7.01. The molecule has 22 heteroatoms. The molecule has 0 spiro atoms. The third-order valence-electron chi connectivity index (χ3n) is 6.68. The van der Waals surface area contributed by atoms with Crippen LogP contribution in [0.2, 0.25) is 0 Å². The maximum atomic E-state index is 12.6. The number of H-pyrrole nitrogens is 1. The summed E-state index contributed by atoms with van der Waals surface area (Å²) in [5.41, 5.74) is -5.35. The zero-order chi connectivity index (χ0) is 31.8. The minimum absolute atomic E-state index is 0.715. The van der Waals surface area contributed by atoms with Crippen molar-refractivity contribution in [3.05, 3.63) is 45.8 Å². The van der Waals surface area contributed by atoms with Crippen LogP contribution in [0.15, 0.2) is 34.5 Å². The van der Waals surface area contributed by atoms with Crippen LogP contribution in [0.1, 0.15) is 13.2 Å². The topological polar surface area (TPSA) is 289 Å². The van der Waals surface area contributed by atoms with Gasteiger partial charge in [-0.2, -0.15) is 0 Å². The number of aliphatic hydroxyl groups excluding tert-OH is 6. The van der Waals surface area contributed by atoms with Gasteiger partial charge in [-0.3, -0.25) is 18.9 Å². The van der Waals surface area contributed by atoms with Crippen LogP contribution in [-0.2, 0) is 43.9 Å². The standard InChI is InChI=1S/C20H32N2O17P2S/c1-4-20(34-3)16(29)19(2,37-17(20)22-6-5-10(25)21-18(22)30)8-35-41(33,42)39-40(31,32)38-15-13(28)11(26)12(27)14(36-15)9(24)7-23/h4-6,9,11-17,23-24,26-29H,1,7-8H2,2-3H3,(H,31,32)(H,33,42)(H,21,25,30)/t9-,11?,12?,13?,14?,15?,16+,17+,19+,20+,41?/m0/s1. The van der Waals surface area contributed by atoms with Gasteiger partial charge in [-0.1, -0.05) is 12.7 Å². The second-order valence-electron chi connectivity index (χ2n) is 9.55. The van der Waals surface area contributed by atoms with Crippen molar-refractivity contribution in [1.82, 2.24) is 9.55 Å². The Morgan fingerprint density at radius 2 is 1.88 bits per heavy atom. The molecule has 2 aliphatic rings. The van der Waals surface area contributed by atoms with Crippen LogP contribution >= 0.6 is 14.5 Å². The van der Waals surface area contributed by atoms with E-state index in [9.17, 15) is 49.5 Å². The van der Waals surface area contributed by atoms with Crippen molar-refractivity contribution in [2.24, 2.45) is 0 Å². The molecular weight excluding hydrogens is 634 g/mol. The summed E-state index contributed by atoms with van der Waals surface area (Å²) in [7, 11) is -4.34. The Balaban J connectivity index is 1.76. The highest BCUT2D eigenvalue weighted by Crippen LogP contribution is 2.62. The summed E-state index contributed by atoms with van der Waals surface area (Å²) in [6.45, 7) is -1.73. The molecule has 0 aromatic carbocycles. The summed E-state index contributed by atoms with van der Waals surface area (Å²) in [4.78, 5) is 46.6. The number of hydrogen-bond donors (Lipinski definition) is 9. The van der Waals surface area contributed by atoms with Gasteiger partial charge in [0.05, 0.1) is 13.2 Å². The Kier molecular flexibility index (Phi) is 10.9. The predicted octanol–water partition coefficient (Wildman–Crippen LogP) is -3.72. The highest BCUT2D eigenvalue weighted by atomic mass is 32.5. The highest BCUT2D eigenvalue weighted by Gasteiger charge is 2.62. The molecule has 240 valence electrons. The molecule has 9 N–H and O–H groups in total. The molecule has 1 aromatic heterocycles. The summed E-state index contributed by atoms with van der Waals surface area (Å²) >= 11 is 4.77. The van der Waals surface area contributed by atoms with Crippen LogP contribution in [0, 0.1) is 0 Å². The molecule has 42 heavy (non-hydrogen) atoms. The van der Waals surface area contributed by atoms with Crippen molar-refractivity contribution >= 4 is 26.3 Å². The fourth-order valence-electron chi connectivity index (χ4n) is 4.43. The first kappa shape index (κ1) is 35.2. The van der Waals surface area contributed by atoms with E-state index >= 15 is 0 Å². The first-order valence-electron chi connectivity index (χ1n) is 11.9. The Labute approximate surface area is 242 Å². The molecule has 7 unspecified atom stereocenters. The van der Waals surface area contributed by atoms with Crippen molar-refractivity contribution in [2.75, 3.05) is 20.3 Å². The van der Waals surface area contributed by atoms with Crippen molar-refractivity contribution < 1.29 is 72.6 Å². The highest BCUT2D eigenvalue weighted by molar-refractivity contribution is 8.08. The minimum Gasteiger partial charge on any atom is -0.394 e. The lowest BCUT2D eigenvalue weighted by Gasteiger charge is -2.41. The molecule has 3 rings (SSSR count). The van der Waals surface area contributed by atoms with Gasteiger partial charge >= 0.3 is 20.2 Å². The molecule has 1 aromatic rings. The summed E-state index contributed by atoms with van der Waals surface area (Å²) in [5, 5.41) is 60.1. The van der Waals surface area contributed by atoms with Crippen molar-refractivity contribution in [2.45, 2.75) is 67.3 Å². The molecule has 0 radical (unpaired) electrons. The summed E-state index contributed by atoms with van der Waals surface area (Å²) in [6.07, 6.45) is -12.9. The molecule has 0 aliphatic carbocycles. The van der Waals surface area contributed by atoms with Gasteiger partial charge in [-0.25, -0.2) is 13.7 Å². The molecule has 2 saturated heterocycles. The lowest BCUT2D eigenvalue weighted by Crippen LogP contribution is -2.61. The van der Waals surface area contributed by atoms with Gasteiger partial charge in [0.1, 0.15) is 42.2 Å². The summed E-state index contributed by atoms with van der Waals surface area (Å²) in [6, 6.07) is 1.01. The van der Waals surface area contributed by atoms with Crippen molar-refractivity contribution in [1.29, 1.82) is 0 Å². The van der Waals surface area contributed by atoms with E-state index < -0.39 is 99.3 Å². The van der Waals surface area contributed by atoms with E-state index in [2.05, 4.69) is 15.4 Å². The summed E-state index contributed by atoms with van der Waals surface area (Å²) < 4.78 is 44.2. The van der Waals surface area contributed by atoms with Gasteiger partial charge in [0.25, 0.3) is 5.56 Å². The van der Waals surface area contributed by atoms with E-state index in [0.29, 0.717) is 0 Å². The molecule has 0 amide bonds. The van der Waals surface area contributed by atoms with Gasteiger partial charge in [0.15, 0.2) is 18.1 Å². The third-order valence-corrected chi connectivity index (χ3v) is 10.2. The van der Waals surface area contributed by atoms with E-state index in [1.54, 1.807) is 0 Å². The van der Waals surface area contributed by atoms with Gasteiger partial charge in [-0.05, 0) is 18.7 Å². The first-order chi connectivity index (χ1) is 19.4. The zero-order valence-corrected chi connectivity index (χ0v) is 24.6. The van der Waals surface area contributed by atoms with Crippen LogP contribution in [0.3, 0.4) is 0 Å². The van der Waals surface area contributed by atoms with E-state index in [-0.39, 0.29) is 0 Å². The minimum atomic E-state index is -5.51. The van der Waals surface area contributed by atoms with Crippen LogP contribution in [0.4, 0.5) is 0 Å². The molecule has 2 fully saturated rings. The SMILES string of the molecule is C=C[C@]1(OC)[C@H](n2ccc(=O)[nH]c2=O)O[C@](C)(COP(O)(=S)OP(=O)(O)OC2OC([C@@H](O)CO)C(O)C(O)C2O)[C@H]1O. The maximum Gasteiger partial charge on any atom is 0.481 e. The fourth-order valence-corrected chi connectivity index (χ4v) is 7.59. The van der Waals surface area contributed by atoms with Crippen LogP contribution in [0.5, 0.6) is 0 Å². The Hall–Kier alpha value is -1.26. The lowest BCUT2D eigenvalue weighted by atomic mass is 9.87. The zero-order valence-electron chi connectivity index (χ0n) is 22.0. The average molecular weight is 666 g/mol. The van der Waals surface area contributed by atoms with E-state index in [1.807, 2.05) is 4.98 Å². The monoisotopic (exact) mass is 666 g/mol. The van der Waals surface area contributed by atoms with Gasteiger partial charge in [0, 0.05) is 19.4 Å². The van der Waals surface area contributed by atoms with Crippen molar-refractivity contribution in [3.63, 3.8) is 0 Å². The van der Waals surface area contributed by atoms with Gasteiger partial charge in [-0.15, -0.1) is 0 Å². The van der Waals surface area contributed by atoms with Crippen molar-refractivity contribution in [3.8, 4) is 0 Å². The van der Waals surface area contributed by atoms with Crippen LogP contribution < -0.4 is 11.2 Å². The van der Waals surface area contributed by atoms with Gasteiger partial charge in [0.2, 0.25) is 0 Å². The molecule has 12 atom stereocenters. The fraction of sp³-hybridized carbons (Fsp3) is 0.700. The number of aromatic nitrogens is 2. The quantitative estimate of drug-likeness (QED) is 0.0766. The number of nitrogens with one attached hydrogen (secondary N) is 1. The van der Waals surface area contributed by atoms with E-state index in [4.69, 9.17) is 35.6 Å². The lowest BCUT2D eigenvalue weighted by molar-refractivity contribution is -0.292. The van der Waals surface area contributed by atoms with Crippen LogP contribution in [-0.4, -0.2) is 124 Å². The van der Waals surface area contributed by atoms with Gasteiger partial charge < -0.3 is 59.2 Å². The molecular formula is C20H32N2O17P2S. The number of phosphoric ester groups is 1. The second-order valence-corrected chi connectivity index (χ2v) is 13.9. The maximum absolute atomic E-state index is 12.6. The Morgan fingerprint density at radius 3 is 2.43 bits per heavy atom. The van der Waals surface area contributed by atoms with E-state index in [0.717, 1.165) is 22.9 Å². The number of aromatic amines is 1. The first-order valence-corrected chi connectivity index (χ1v) is 16.0. The molecule has 0 saturated carbocycles. The Morgan fingerprint density at radius 1 is 1.24 bits per heavy atom. The number of aliphatic hydroxyl groups is 6. The smallest absolute Gasteiger partial charge is 0.394 e. The number of ether oxygens (including phenoxy) is 3. The summed E-state index contributed by atoms with van der Waals surface area (Å²) in [5.74, 6) is 0. The number of hydrogen-bond acceptors (Lipinski definition) is 16. The number of methoxy groups -OCH3 is 1. The number of nitrogens with zero attached hydrogens (tertiary/aromatic N) is 1. The largest absolute Gasteiger partial charge is 0.481 e. The molecule has 19 nitrogen and oxygen atoms in total. The predicted molar refractivity (Wildman–Crippen MR) is 140 cm³/mol. The Bertz CT molecular complexity index is 1340. The normalized spacial score (nSPS) is 38.9. The van der Waals surface area contributed by atoms with Crippen LogP contribution in [0.25, 0.3) is 0 Å². The second kappa shape index (κ2) is 13.0. The van der Waals surface area contributed by atoms with E-state index in [1.165, 1.54) is 14.0 Å². The average Bonchev–Trinajstić information content (AvgIpc) is 3.13. The number of phosphoric acid groups is 1. The molecule has 2 aliphatic heterocycles. The molecule has 0 bridgehead atoms. The number of rotatable bonds is 12.